The summed E-state index contributed by atoms with van der Waals surface area (Å²) >= 11 is 10.3. The zero-order valence-electron chi connectivity index (χ0n) is 12.5. The Morgan fingerprint density at radius 2 is 1.43 bits per heavy atom. The minimum Gasteiger partial charge on any atom is -0.338 e. The van der Waals surface area contributed by atoms with Gasteiger partial charge in [0.1, 0.15) is 4.99 Å². The minimum absolute atomic E-state index is 0.633. The highest BCUT2D eigenvalue weighted by Gasteiger charge is 2.31. The van der Waals surface area contributed by atoms with Gasteiger partial charge in [-0.15, -0.1) is 12.6 Å². The summed E-state index contributed by atoms with van der Waals surface area (Å²) in [7, 11) is 2.02. The van der Waals surface area contributed by atoms with E-state index in [0.717, 1.165) is 38.7 Å². The smallest absolute Gasteiger partial charge is 0.137 e. The van der Waals surface area contributed by atoms with Crippen molar-refractivity contribution in [1.29, 1.82) is 0 Å². The van der Waals surface area contributed by atoms with Crippen LogP contribution in [0.1, 0.15) is 16.7 Å². The quantitative estimate of drug-likeness (QED) is 0.539. The zero-order chi connectivity index (χ0) is 16.0. The van der Waals surface area contributed by atoms with Crippen LogP contribution in [-0.2, 0) is 7.05 Å². The number of aromatic nitrogens is 1. The first kappa shape index (κ1) is 14.4. The average Bonchev–Trinajstić information content (AvgIpc) is 3.06. The summed E-state index contributed by atoms with van der Waals surface area (Å²) in [5, 5.41) is 0.890. The number of thiocarbonyl (C=S) groups is 1. The lowest BCUT2D eigenvalue weighted by molar-refractivity contribution is 0.838. The SMILES string of the molecule is Cn1c(S)c2c(c1-c1ccccc1)C(=S)N=C2c1ccccc1. The van der Waals surface area contributed by atoms with Crippen LogP contribution in [-0.4, -0.2) is 15.3 Å². The summed E-state index contributed by atoms with van der Waals surface area (Å²) in [5.74, 6) is 0. The van der Waals surface area contributed by atoms with Crippen molar-refractivity contribution in [2.75, 3.05) is 0 Å². The van der Waals surface area contributed by atoms with Gasteiger partial charge in [0.2, 0.25) is 0 Å². The van der Waals surface area contributed by atoms with Crippen molar-refractivity contribution in [3.8, 4) is 11.3 Å². The normalized spacial score (nSPS) is 13.1. The van der Waals surface area contributed by atoms with E-state index in [0.29, 0.717) is 4.99 Å². The Kier molecular flexibility index (Phi) is 3.43. The molecule has 0 aliphatic carbocycles. The van der Waals surface area contributed by atoms with E-state index in [-0.39, 0.29) is 0 Å². The summed E-state index contributed by atoms with van der Waals surface area (Å²) < 4.78 is 2.09. The lowest BCUT2D eigenvalue weighted by Gasteiger charge is -2.07. The second kappa shape index (κ2) is 5.48. The number of aliphatic imine (C=N–C) groups is 1. The summed E-state index contributed by atoms with van der Waals surface area (Å²) in [6, 6.07) is 20.4. The first-order chi connectivity index (χ1) is 11.2. The number of fused-ring (bicyclic) bond motifs is 1. The van der Waals surface area contributed by atoms with Gasteiger partial charge in [-0.3, -0.25) is 0 Å². The van der Waals surface area contributed by atoms with Crippen molar-refractivity contribution in [2.45, 2.75) is 5.03 Å². The Morgan fingerprint density at radius 3 is 2.04 bits per heavy atom. The fourth-order valence-electron chi connectivity index (χ4n) is 3.06. The molecule has 0 bridgehead atoms. The molecule has 23 heavy (non-hydrogen) atoms. The van der Waals surface area contributed by atoms with E-state index in [9.17, 15) is 0 Å². The molecule has 2 aromatic carbocycles. The van der Waals surface area contributed by atoms with Gasteiger partial charge in [-0.25, -0.2) is 4.99 Å². The van der Waals surface area contributed by atoms with Crippen molar-refractivity contribution < 1.29 is 0 Å². The van der Waals surface area contributed by atoms with Gasteiger partial charge in [-0.05, 0) is 5.56 Å². The fraction of sp³-hybridized carbons (Fsp3) is 0.0526. The number of thiol groups is 1. The average molecular weight is 334 g/mol. The molecule has 112 valence electrons. The van der Waals surface area contributed by atoms with Crippen molar-refractivity contribution >= 4 is 35.5 Å². The Labute approximate surface area is 145 Å². The number of hydrogen-bond acceptors (Lipinski definition) is 2. The Balaban J connectivity index is 1.98. The van der Waals surface area contributed by atoms with Crippen LogP contribution in [0.15, 0.2) is 70.7 Å². The molecule has 1 aliphatic heterocycles. The van der Waals surface area contributed by atoms with Crippen molar-refractivity contribution in [1.82, 2.24) is 4.57 Å². The third-order valence-corrected chi connectivity index (χ3v) is 4.94. The molecule has 2 heterocycles. The Hall–Kier alpha value is -2.17. The predicted molar refractivity (Wildman–Crippen MR) is 102 cm³/mol. The molecule has 0 atom stereocenters. The van der Waals surface area contributed by atoms with Gasteiger partial charge >= 0.3 is 0 Å². The van der Waals surface area contributed by atoms with E-state index in [1.54, 1.807) is 0 Å². The van der Waals surface area contributed by atoms with Gasteiger partial charge in [-0.1, -0.05) is 72.9 Å². The van der Waals surface area contributed by atoms with Crippen LogP contribution in [0.4, 0.5) is 0 Å². The van der Waals surface area contributed by atoms with Gasteiger partial charge in [0.05, 0.1) is 16.4 Å². The summed E-state index contributed by atoms with van der Waals surface area (Å²) in [6.45, 7) is 0. The topological polar surface area (TPSA) is 17.3 Å². The van der Waals surface area contributed by atoms with Crippen LogP contribution in [0.2, 0.25) is 0 Å². The molecule has 0 spiro atoms. The van der Waals surface area contributed by atoms with Crippen molar-refractivity contribution in [3.05, 3.63) is 77.4 Å². The molecule has 4 heteroatoms. The number of rotatable bonds is 2. The van der Waals surface area contributed by atoms with E-state index < -0.39 is 0 Å². The van der Waals surface area contributed by atoms with Gasteiger partial charge < -0.3 is 4.57 Å². The number of benzene rings is 2. The molecule has 0 radical (unpaired) electrons. The van der Waals surface area contributed by atoms with Crippen LogP contribution in [0.5, 0.6) is 0 Å². The van der Waals surface area contributed by atoms with E-state index in [4.69, 9.17) is 24.8 Å². The van der Waals surface area contributed by atoms with Crippen LogP contribution in [0.25, 0.3) is 11.3 Å². The minimum atomic E-state index is 0.633. The molecule has 4 rings (SSSR count). The highest BCUT2D eigenvalue weighted by atomic mass is 32.1. The molecule has 0 fully saturated rings. The highest BCUT2D eigenvalue weighted by molar-refractivity contribution is 7.81. The maximum absolute atomic E-state index is 5.58. The molecule has 3 aromatic rings. The maximum Gasteiger partial charge on any atom is 0.137 e. The van der Waals surface area contributed by atoms with Gasteiger partial charge in [-0.2, -0.15) is 0 Å². The Bertz CT molecular complexity index is 939. The second-order valence-electron chi connectivity index (χ2n) is 5.48. The van der Waals surface area contributed by atoms with E-state index in [1.165, 1.54) is 0 Å². The van der Waals surface area contributed by atoms with Crippen molar-refractivity contribution in [2.24, 2.45) is 12.0 Å². The summed E-state index contributed by atoms with van der Waals surface area (Å²) in [6.07, 6.45) is 0. The predicted octanol–water partition coefficient (Wildman–Crippen LogP) is 4.51. The van der Waals surface area contributed by atoms with Crippen molar-refractivity contribution in [3.63, 3.8) is 0 Å². The number of hydrogen-bond donors (Lipinski definition) is 1. The third kappa shape index (κ3) is 2.18. The molecule has 0 saturated carbocycles. The Morgan fingerprint density at radius 1 is 0.870 bits per heavy atom. The molecule has 0 N–H and O–H groups in total. The molecular formula is C19H14N2S2. The van der Waals surface area contributed by atoms with Gasteiger partial charge in [0.25, 0.3) is 0 Å². The molecule has 0 saturated heterocycles. The van der Waals surface area contributed by atoms with E-state index in [1.807, 2.05) is 43.4 Å². The second-order valence-corrected chi connectivity index (χ2v) is 6.29. The van der Waals surface area contributed by atoms with E-state index in [2.05, 4.69) is 33.8 Å². The van der Waals surface area contributed by atoms with Gasteiger partial charge in [0, 0.05) is 23.7 Å². The third-order valence-electron chi connectivity index (χ3n) is 4.12. The largest absolute Gasteiger partial charge is 0.338 e. The lowest BCUT2D eigenvalue weighted by Crippen LogP contribution is -2.01. The molecule has 0 unspecified atom stereocenters. The van der Waals surface area contributed by atoms with Crippen LogP contribution >= 0.6 is 24.8 Å². The molecule has 0 amide bonds. The maximum atomic E-state index is 5.58. The summed E-state index contributed by atoms with van der Waals surface area (Å²) in [5.41, 5.74) is 6.22. The first-order valence-corrected chi connectivity index (χ1v) is 8.20. The molecular weight excluding hydrogens is 320 g/mol. The number of nitrogens with zero attached hydrogens (tertiary/aromatic N) is 2. The van der Waals surface area contributed by atoms with Crippen LogP contribution in [0.3, 0.4) is 0 Å². The highest BCUT2D eigenvalue weighted by Crippen LogP contribution is 2.38. The lowest BCUT2D eigenvalue weighted by atomic mass is 10.0. The van der Waals surface area contributed by atoms with Crippen LogP contribution < -0.4 is 0 Å². The molecule has 1 aliphatic rings. The molecule has 2 nitrogen and oxygen atoms in total. The van der Waals surface area contributed by atoms with E-state index >= 15 is 0 Å². The summed E-state index contributed by atoms with van der Waals surface area (Å²) in [4.78, 5) is 5.29. The van der Waals surface area contributed by atoms with Gasteiger partial charge in [0.15, 0.2) is 0 Å². The zero-order valence-corrected chi connectivity index (χ0v) is 14.2. The monoisotopic (exact) mass is 334 g/mol. The first-order valence-electron chi connectivity index (χ1n) is 7.34. The fourth-order valence-corrected chi connectivity index (χ4v) is 3.66. The van der Waals surface area contributed by atoms with Crippen LogP contribution in [0, 0.1) is 0 Å². The molecule has 1 aromatic heterocycles. The standard InChI is InChI=1S/C19H14N2S2/c1-21-17(13-10-6-3-7-11-13)15-14(19(21)23)16(20-18(15)22)12-8-4-2-5-9-12/h2-11,23H,1H3.